The number of Topliss-reactive ketones (excluding diaryl/α,β-unsaturated/α-hetero) is 1. The molecule has 0 unspecified atom stereocenters. The lowest BCUT2D eigenvalue weighted by Crippen LogP contribution is -2.26. The fraction of sp³-hybridized carbons (Fsp3) is 0.167. The van der Waals surface area contributed by atoms with Gasteiger partial charge in [0.1, 0.15) is 11.6 Å². The van der Waals surface area contributed by atoms with E-state index < -0.39 is 17.9 Å². The summed E-state index contributed by atoms with van der Waals surface area (Å²) in [6.07, 6.45) is -1.42. The van der Waals surface area contributed by atoms with Gasteiger partial charge in [0.05, 0.1) is 6.42 Å². The third-order valence-electron chi connectivity index (χ3n) is 3.63. The van der Waals surface area contributed by atoms with Crippen LogP contribution in [0.1, 0.15) is 16.8 Å². The van der Waals surface area contributed by atoms with Crippen molar-refractivity contribution < 1.29 is 23.8 Å². The highest BCUT2D eigenvalue weighted by Gasteiger charge is 2.23. The Balaban J connectivity index is 1.94. The molecule has 122 valence electrons. The Morgan fingerprint density at radius 2 is 1.96 bits per heavy atom. The topological polar surface area (TPSA) is 89.6 Å². The number of carboxylic acid groups (broad SMARTS) is 1. The van der Waals surface area contributed by atoms with Crippen LogP contribution >= 0.6 is 0 Å². The van der Waals surface area contributed by atoms with Gasteiger partial charge in [0.15, 0.2) is 11.4 Å². The summed E-state index contributed by atoms with van der Waals surface area (Å²) in [5, 5.41) is 8.85. The molecule has 3 aromatic rings. The van der Waals surface area contributed by atoms with E-state index in [-0.39, 0.29) is 6.42 Å². The van der Waals surface area contributed by atoms with Crippen LogP contribution in [0.5, 0.6) is 0 Å². The average Bonchev–Trinajstić information content (AvgIpc) is 3.03. The molecule has 0 saturated carbocycles. The van der Waals surface area contributed by atoms with Crippen LogP contribution < -0.4 is 0 Å². The second-order valence-corrected chi connectivity index (χ2v) is 5.25. The summed E-state index contributed by atoms with van der Waals surface area (Å²) in [5.41, 5.74) is 2.25. The van der Waals surface area contributed by atoms with Crippen LogP contribution in [0.15, 0.2) is 52.9 Å². The van der Waals surface area contributed by atoms with Gasteiger partial charge in [0, 0.05) is 18.2 Å². The Kier molecular flexibility index (Phi) is 4.39. The van der Waals surface area contributed by atoms with Gasteiger partial charge in [-0.25, -0.2) is 4.98 Å². The molecule has 0 aliphatic rings. The standard InChI is InChI=1S/C18H15NO5/c1-23-15(10-16(20)21)17(22)12-7-8-13-14(9-12)24-18(19-13)11-5-3-2-4-6-11/h2-9,15H,10H2,1H3,(H,20,21)/t15-/m1/s1. The zero-order valence-corrected chi connectivity index (χ0v) is 12.9. The molecule has 6 nitrogen and oxygen atoms in total. The summed E-state index contributed by atoms with van der Waals surface area (Å²) in [6.45, 7) is 0. The van der Waals surface area contributed by atoms with Crippen molar-refractivity contribution in [3.63, 3.8) is 0 Å². The smallest absolute Gasteiger partial charge is 0.306 e. The molecule has 1 N–H and O–H groups in total. The van der Waals surface area contributed by atoms with E-state index in [1.54, 1.807) is 18.2 Å². The molecule has 1 atom stereocenters. The van der Waals surface area contributed by atoms with Gasteiger partial charge in [-0.2, -0.15) is 0 Å². The molecule has 0 bridgehead atoms. The van der Waals surface area contributed by atoms with Crippen molar-refractivity contribution in [3.05, 3.63) is 54.1 Å². The summed E-state index contributed by atoms with van der Waals surface area (Å²) >= 11 is 0. The third-order valence-corrected chi connectivity index (χ3v) is 3.63. The van der Waals surface area contributed by atoms with Crippen molar-refractivity contribution in [3.8, 4) is 11.5 Å². The van der Waals surface area contributed by atoms with Crippen LogP contribution in [0, 0.1) is 0 Å². The number of nitrogens with zero attached hydrogens (tertiary/aromatic N) is 1. The van der Waals surface area contributed by atoms with Gasteiger partial charge < -0.3 is 14.3 Å². The number of oxazole rings is 1. The van der Waals surface area contributed by atoms with Gasteiger partial charge >= 0.3 is 5.97 Å². The molecule has 0 saturated heterocycles. The zero-order valence-electron chi connectivity index (χ0n) is 12.9. The second kappa shape index (κ2) is 6.64. The lowest BCUT2D eigenvalue weighted by atomic mass is 10.0. The number of benzene rings is 2. The van der Waals surface area contributed by atoms with Gasteiger partial charge in [0.25, 0.3) is 0 Å². The Bertz CT molecular complexity index is 885. The normalized spacial score (nSPS) is 12.2. The van der Waals surface area contributed by atoms with E-state index in [1.165, 1.54) is 7.11 Å². The molecule has 24 heavy (non-hydrogen) atoms. The molecule has 3 rings (SSSR count). The number of hydrogen-bond donors (Lipinski definition) is 1. The van der Waals surface area contributed by atoms with Crippen molar-refractivity contribution in [1.82, 2.24) is 4.98 Å². The predicted molar refractivity (Wildman–Crippen MR) is 86.8 cm³/mol. The molecule has 1 heterocycles. The van der Waals surface area contributed by atoms with Crippen molar-refractivity contribution in [1.29, 1.82) is 0 Å². The van der Waals surface area contributed by atoms with Crippen LogP contribution in [0.2, 0.25) is 0 Å². The van der Waals surface area contributed by atoms with E-state index in [4.69, 9.17) is 14.3 Å². The molecule has 0 fully saturated rings. The number of ether oxygens (including phenoxy) is 1. The van der Waals surface area contributed by atoms with E-state index in [0.29, 0.717) is 22.6 Å². The molecule has 1 aromatic heterocycles. The monoisotopic (exact) mass is 325 g/mol. The molecule has 0 amide bonds. The average molecular weight is 325 g/mol. The number of rotatable bonds is 6. The summed E-state index contributed by atoms with van der Waals surface area (Å²) in [4.78, 5) is 27.6. The number of aromatic nitrogens is 1. The number of carbonyl (C=O) groups is 2. The third kappa shape index (κ3) is 3.18. The molecule has 0 aliphatic heterocycles. The minimum absolute atomic E-state index is 0.325. The highest BCUT2D eigenvalue weighted by Crippen LogP contribution is 2.25. The molecule has 0 spiro atoms. The van der Waals surface area contributed by atoms with E-state index >= 15 is 0 Å². The van der Waals surface area contributed by atoms with Crippen LogP contribution in [-0.4, -0.2) is 35.1 Å². The largest absolute Gasteiger partial charge is 0.481 e. The van der Waals surface area contributed by atoms with Crippen molar-refractivity contribution in [2.45, 2.75) is 12.5 Å². The Morgan fingerprint density at radius 1 is 1.21 bits per heavy atom. The minimum Gasteiger partial charge on any atom is -0.481 e. The summed E-state index contributed by atoms with van der Waals surface area (Å²) in [6, 6.07) is 14.3. The maximum Gasteiger partial charge on any atom is 0.306 e. The van der Waals surface area contributed by atoms with Gasteiger partial charge in [-0.05, 0) is 30.3 Å². The van der Waals surface area contributed by atoms with Crippen molar-refractivity contribution in [2.75, 3.05) is 7.11 Å². The van der Waals surface area contributed by atoms with E-state index in [0.717, 1.165) is 5.56 Å². The molecule has 0 aliphatic carbocycles. The minimum atomic E-state index is -1.10. The van der Waals surface area contributed by atoms with Crippen LogP contribution in [0.4, 0.5) is 0 Å². The zero-order chi connectivity index (χ0) is 17.1. The summed E-state index contributed by atoms with van der Waals surface area (Å²) in [5.74, 6) is -1.04. The van der Waals surface area contributed by atoms with E-state index in [1.807, 2.05) is 30.3 Å². The highest BCUT2D eigenvalue weighted by molar-refractivity contribution is 6.03. The van der Waals surface area contributed by atoms with Crippen LogP contribution in [0.25, 0.3) is 22.6 Å². The molecule has 6 heteroatoms. The molecule has 0 radical (unpaired) electrons. The number of aliphatic carboxylic acids is 1. The number of carbonyl (C=O) groups excluding carboxylic acids is 1. The van der Waals surface area contributed by atoms with E-state index in [2.05, 4.69) is 4.98 Å². The number of fused-ring (bicyclic) bond motifs is 1. The summed E-state index contributed by atoms with van der Waals surface area (Å²) < 4.78 is 10.7. The molecular weight excluding hydrogens is 310 g/mol. The SMILES string of the molecule is CO[C@H](CC(=O)O)C(=O)c1ccc2nc(-c3ccccc3)oc2c1. The van der Waals surface area contributed by atoms with Crippen LogP contribution in [-0.2, 0) is 9.53 Å². The van der Waals surface area contributed by atoms with Crippen molar-refractivity contribution in [2.24, 2.45) is 0 Å². The Labute approximate surface area is 137 Å². The van der Waals surface area contributed by atoms with E-state index in [9.17, 15) is 9.59 Å². The molecular formula is C18H15NO5. The number of methoxy groups -OCH3 is 1. The first-order valence-corrected chi connectivity index (χ1v) is 7.33. The maximum absolute atomic E-state index is 12.4. The fourth-order valence-electron chi connectivity index (χ4n) is 2.41. The van der Waals surface area contributed by atoms with Gasteiger partial charge in [-0.15, -0.1) is 0 Å². The first-order chi connectivity index (χ1) is 11.6. The Morgan fingerprint density at radius 3 is 2.62 bits per heavy atom. The lowest BCUT2D eigenvalue weighted by molar-refractivity contribution is -0.139. The quantitative estimate of drug-likeness (QED) is 0.700. The Hall–Kier alpha value is -2.99. The molecule has 2 aromatic carbocycles. The van der Waals surface area contributed by atoms with Gasteiger partial charge in [0.2, 0.25) is 5.89 Å². The van der Waals surface area contributed by atoms with Crippen LogP contribution in [0.3, 0.4) is 0 Å². The number of hydrogen-bond acceptors (Lipinski definition) is 5. The fourth-order valence-corrected chi connectivity index (χ4v) is 2.41. The van der Waals surface area contributed by atoms with Crippen molar-refractivity contribution >= 4 is 22.9 Å². The second-order valence-electron chi connectivity index (χ2n) is 5.25. The maximum atomic E-state index is 12.4. The first-order valence-electron chi connectivity index (χ1n) is 7.33. The summed E-state index contributed by atoms with van der Waals surface area (Å²) in [7, 11) is 1.31. The van der Waals surface area contributed by atoms with Gasteiger partial charge in [-0.3, -0.25) is 9.59 Å². The lowest BCUT2D eigenvalue weighted by Gasteiger charge is -2.11. The number of ketones is 1. The number of carboxylic acids is 1. The predicted octanol–water partition coefficient (Wildman–Crippen LogP) is 3.17. The highest BCUT2D eigenvalue weighted by atomic mass is 16.5. The van der Waals surface area contributed by atoms with Gasteiger partial charge in [-0.1, -0.05) is 18.2 Å². The first kappa shape index (κ1) is 15.9.